The van der Waals surface area contributed by atoms with Crippen molar-refractivity contribution in [3.63, 3.8) is 0 Å². The van der Waals surface area contributed by atoms with Gasteiger partial charge in [-0.1, -0.05) is 18.2 Å². The molecule has 2 aliphatic rings. The quantitative estimate of drug-likeness (QED) is 0.856. The predicted molar refractivity (Wildman–Crippen MR) is 91.7 cm³/mol. The van der Waals surface area contributed by atoms with Crippen molar-refractivity contribution in [3.8, 4) is 5.75 Å². The summed E-state index contributed by atoms with van der Waals surface area (Å²) in [4.78, 5) is 17.1. The van der Waals surface area contributed by atoms with Gasteiger partial charge in [0.25, 0.3) is 0 Å². The average Bonchev–Trinajstić information content (AvgIpc) is 3.00. The summed E-state index contributed by atoms with van der Waals surface area (Å²) >= 11 is 0. The van der Waals surface area contributed by atoms with E-state index in [0.29, 0.717) is 17.7 Å². The molecule has 0 radical (unpaired) electrons. The summed E-state index contributed by atoms with van der Waals surface area (Å²) in [7, 11) is 3.88. The summed E-state index contributed by atoms with van der Waals surface area (Å²) in [6.45, 7) is 4.24. The van der Waals surface area contributed by atoms with Crippen LogP contribution in [0.1, 0.15) is 31.2 Å². The van der Waals surface area contributed by atoms with E-state index in [4.69, 9.17) is 4.74 Å². The van der Waals surface area contributed by atoms with Crippen LogP contribution in [0.5, 0.6) is 5.75 Å². The Labute approximate surface area is 139 Å². The van der Waals surface area contributed by atoms with Crippen molar-refractivity contribution < 1.29 is 9.53 Å². The lowest BCUT2D eigenvalue weighted by atomic mass is 9.78. The molecule has 4 nitrogen and oxygen atoms in total. The van der Waals surface area contributed by atoms with E-state index in [1.807, 2.05) is 18.2 Å². The fraction of sp³-hybridized carbons (Fsp3) is 0.632. The number of hydrogen-bond acceptors (Lipinski definition) is 3. The van der Waals surface area contributed by atoms with Gasteiger partial charge >= 0.3 is 0 Å². The highest BCUT2D eigenvalue weighted by Crippen LogP contribution is 2.40. The molecule has 3 rings (SSSR count). The summed E-state index contributed by atoms with van der Waals surface area (Å²) in [6.07, 6.45) is 4.99. The standard InChI is InChI=1S/C19H28N2O2/c1-20-12-9-19(10-13-20)11-14-21(15-19)18(22)8-7-16-5-3-4-6-17(16)23-2/h3-6H,7-15H2,1-2H3. The van der Waals surface area contributed by atoms with Gasteiger partial charge in [-0.05, 0) is 62.9 Å². The van der Waals surface area contributed by atoms with Gasteiger partial charge in [-0.3, -0.25) is 4.79 Å². The molecule has 1 aromatic carbocycles. The third kappa shape index (κ3) is 3.69. The lowest BCUT2D eigenvalue weighted by Crippen LogP contribution is -2.40. The number of hydrogen-bond donors (Lipinski definition) is 0. The highest BCUT2D eigenvalue weighted by atomic mass is 16.5. The third-order valence-corrected chi connectivity index (χ3v) is 5.64. The van der Waals surface area contributed by atoms with Gasteiger partial charge < -0.3 is 14.5 Å². The first-order chi connectivity index (χ1) is 11.1. The molecule has 23 heavy (non-hydrogen) atoms. The molecule has 2 heterocycles. The first-order valence-corrected chi connectivity index (χ1v) is 8.70. The molecule has 1 spiro atoms. The minimum atomic E-state index is 0.298. The first kappa shape index (κ1) is 16.3. The van der Waals surface area contributed by atoms with E-state index in [1.54, 1.807) is 7.11 Å². The normalized spacial score (nSPS) is 20.9. The number of piperidine rings is 1. The summed E-state index contributed by atoms with van der Waals surface area (Å²) in [5, 5.41) is 0. The van der Waals surface area contributed by atoms with Crippen LogP contribution in [0.15, 0.2) is 24.3 Å². The number of amides is 1. The molecular formula is C19H28N2O2. The number of benzene rings is 1. The SMILES string of the molecule is COc1ccccc1CCC(=O)N1CCC2(CCN(C)CC2)C1. The number of rotatable bonds is 4. The maximum Gasteiger partial charge on any atom is 0.222 e. The molecule has 0 unspecified atom stereocenters. The molecule has 1 aromatic rings. The number of methoxy groups -OCH3 is 1. The van der Waals surface area contributed by atoms with Crippen LogP contribution in [-0.2, 0) is 11.2 Å². The molecule has 0 aromatic heterocycles. The Morgan fingerprint density at radius 1 is 1.17 bits per heavy atom. The number of ether oxygens (including phenoxy) is 1. The van der Waals surface area contributed by atoms with Crippen molar-refractivity contribution in [2.45, 2.75) is 32.1 Å². The Bertz CT molecular complexity index is 550. The lowest BCUT2D eigenvalue weighted by molar-refractivity contribution is -0.130. The Hall–Kier alpha value is -1.55. The minimum Gasteiger partial charge on any atom is -0.496 e. The average molecular weight is 316 g/mol. The number of carbonyl (C=O) groups is 1. The van der Waals surface area contributed by atoms with Gasteiger partial charge in [-0.2, -0.15) is 0 Å². The van der Waals surface area contributed by atoms with Gasteiger partial charge in [0.2, 0.25) is 5.91 Å². The second-order valence-corrected chi connectivity index (χ2v) is 7.18. The third-order valence-electron chi connectivity index (χ3n) is 5.64. The zero-order valence-corrected chi connectivity index (χ0v) is 14.4. The fourth-order valence-corrected chi connectivity index (χ4v) is 3.96. The molecule has 0 saturated carbocycles. The molecule has 2 fully saturated rings. The van der Waals surface area contributed by atoms with E-state index < -0.39 is 0 Å². The van der Waals surface area contributed by atoms with Gasteiger partial charge in [0.1, 0.15) is 5.75 Å². The van der Waals surface area contributed by atoms with Crippen LogP contribution in [0, 0.1) is 5.41 Å². The zero-order chi connectivity index (χ0) is 16.3. The van der Waals surface area contributed by atoms with Gasteiger partial charge in [0, 0.05) is 19.5 Å². The van der Waals surface area contributed by atoms with Gasteiger partial charge in [0.15, 0.2) is 0 Å². The topological polar surface area (TPSA) is 32.8 Å². The summed E-state index contributed by atoms with van der Waals surface area (Å²) in [5.74, 6) is 1.18. The lowest BCUT2D eigenvalue weighted by Gasteiger charge is -2.37. The van der Waals surface area contributed by atoms with Crippen LogP contribution in [0.25, 0.3) is 0 Å². The molecule has 4 heteroatoms. The molecule has 2 aliphatic heterocycles. The maximum atomic E-state index is 12.6. The number of likely N-dealkylation sites (tertiary alicyclic amines) is 2. The largest absolute Gasteiger partial charge is 0.496 e. The van der Waals surface area contributed by atoms with E-state index in [9.17, 15) is 4.79 Å². The molecule has 0 bridgehead atoms. The van der Waals surface area contributed by atoms with Crippen LogP contribution in [0.4, 0.5) is 0 Å². The molecular weight excluding hydrogens is 288 g/mol. The fourth-order valence-electron chi connectivity index (χ4n) is 3.96. The number of para-hydroxylation sites is 1. The van der Waals surface area contributed by atoms with Crippen LogP contribution >= 0.6 is 0 Å². The van der Waals surface area contributed by atoms with Crippen molar-refractivity contribution >= 4 is 5.91 Å². The van der Waals surface area contributed by atoms with E-state index >= 15 is 0 Å². The summed E-state index contributed by atoms with van der Waals surface area (Å²) in [6, 6.07) is 7.98. The molecule has 0 N–H and O–H groups in total. The number of nitrogens with zero attached hydrogens (tertiary/aromatic N) is 2. The van der Waals surface area contributed by atoms with Crippen molar-refractivity contribution in [2.75, 3.05) is 40.3 Å². The highest BCUT2D eigenvalue weighted by Gasteiger charge is 2.41. The molecule has 126 valence electrons. The number of carbonyl (C=O) groups excluding carboxylic acids is 1. The van der Waals surface area contributed by atoms with Gasteiger partial charge in [-0.25, -0.2) is 0 Å². The maximum absolute atomic E-state index is 12.6. The molecule has 1 amide bonds. The Morgan fingerprint density at radius 2 is 1.87 bits per heavy atom. The van der Waals surface area contributed by atoms with Gasteiger partial charge in [0.05, 0.1) is 7.11 Å². The number of aryl methyl sites for hydroxylation is 1. The summed E-state index contributed by atoms with van der Waals surface area (Å²) in [5.41, 5.74) is 1.52. The highest BCUT2D eigenvalue weighted by molar-refractivity contribution is 5.77. The van der Waals surface area contributed by atoms with Gasteiger partial charge in [-0.15, -0.1) is 0 Å². The van der Waals surface area contributed by atoms with Crippen LogP contribution in [0.3, 0.4) is 0 Å². The second kappa shape index (κ2) is 6.91. The van der Waals surface area contributed by atoms with Crippen LogP contribution in [0.2, 0.25) is 0 Å². The Morgan fingerprint density at radius 3 is 2.61 bits per heavy atom. The predicted octanol–water partition coefficient (Wildman–Crippen LogP) is 2.57. The van der Waals surface area contributed by atoms with Crippen LogP contribution < -0.4 is 4.74 Å². The first-order valence-electron chi connectivity index (χ1n) is 8.70. The van der Waals surface area contributed by atoms with Crippen molar-refractivity contribution in [1.29, 1.82) is 0 Å². The van der Waals surface area contributed by atoms with E-state index in [2.05, 4.69) is 22.9 Å². The van der Waals surface area contributed by atoms with Crippen molar-refractivity contribution in [1.82, 2.24) is 9.80 Å². The molecule has 2 saturated heterocycles. The summed E-state index contributed by atoms with van der Waals surface area (Å²) < 4.78 is 5.37. The van der Waals surface area contributed by atoms with Crippen molar-refractivity contribution in [2.24, 2.45) is 5.41 Å². The van der Waals surface area contributed by atoms with Crippen molar-refractivity contribution in [3.05, 3.63) is 29.8 Å². The molecule has 0 aliphatic carbocycles. The van der Waals surface area contributed by atoms with E-state index in [1.165, 1.54) is 32.4 Å². The Balaban J connectivity index is 1.53. The second-order valence-electron chi connectivity index (χ2n) is 7.18. The smallest absolute Gasteiger partial charge is 0.222 e. The van der Waals surface area contributed by atoms with E-state index in [0.717, 1.165) is 30.8 Å². The minimum absolute atomic E-state index is 0.298. The molecule has 0 atom stereocenters. The zero-order valence-electron chi connectivity index (χ0n) is 14.4. The van der Waals surface area contributed by atoms with E-state index in [-0.39, 0.29) is 0 Å². The Kier molecular flexibility index (Phi) is 4.90. The monoisotopic (exact) mass is 316 g/mol. The van der Waals surface area contributed by atoms with Crippen LogP contribution in [-0.4, -0.2) is 56.0 Å².